The van der Waals surface area contributed by atoms with Gasteiger partial charge in [0.25, 0.3) is 0 Å². The third-order valence-corrected chi connectivity index (χ3v) is 7.00. The summed E-state index contributed by atoms with van der Waals surface area (Å²) in [4.78, 5) is 15.2. The van der Waals surface area contributed by atoms with Gasteiger partial charge in [-0.25, -0.2) is 0 Å². The van der Waals surface area contributed by atoms with Gasteiger partial charge in [0.1, 0.15) is 11.4 Å². The van der Waals surface area contributed by atoms with Crippen molar-refractivity contribution in [3.63, 3.8) is 0 Å². The van der Waals surface area contributed by atoms with Gasteiger partial charge in [0.15, 0.2) is 0 Å². The lowest BCUT2D eigenvalue weighted by molar-refractivity contribution is -0.122. The minimum atomic E-state index is -0.0736. The largest absolute Gasteiger partial charge is 0.487 e. The Morgan fingerprint density at radius 2 is 1.85 bits per heavy atom. The molecule has 1 spiro atoms. The van der Waals surface area contributed by atoms with Gasteiger partial charge in [-0.3, -0.25) is 4.79 Å². The molecule has 0 aromatic heterocycles. The van der Waals surface area contributed by atoms with Crippen LogP contribution in [0, 0.1) is 11.8 Å². The summed E-state index contributed by atoms with van der Waals surface area (Å²) in [5.41, 5.74) is 1.15. The van der Waals surface area contributed by atoms with Crippen molar-refractivity contribution in [2.24, 2.45) is 11.8 Å². The first-order chi connectivity index (χ1) is 13.2. The first-order valence-corrected chi connectivity index (χ1v) is 11.0. The van der Waals surface area contributed by atoms with Gasteiger partial charge in [-0.05, 0) is 68.4 Å². The van der Waals surface area contributed by atoms with Crippen molar-refractivity contribution in [3.8, 4) is 5.75 Å². The van der Waals surface area contributed by atoms with E-state index in [0.29, 0.717) is 6.42 Å². The Balaban J connectivity index is 1.26. The highest BCUT2D eigenvalue weighted by molar-refractivity contribution is 5.77. The summed E-state index contributed by atoms with van der Waals surface area (Å²) in [6, 6.07) is 8.39. The standard InChI is InChI=1S/C23H32N2O2/c26-22(24-15-17-5-6-17)13-19-14-23(27-21-4-2-1-3-20(19)21)9-11-25(12-10-23)16-18-7-8-18/h1-4,17-19H,5-16H2,(H,24,26). The highest BCUT2D eigenvalue weighted by Crippen LogP contribution is 2.46. The quantitative estimate of drug-likeness (QED) is 0.832. The van der Waals surface area contributed by atoms with Crippen molar-refractivity contribution in [2.45, 2.75) is 62.9 Å². The lowest BCUT2D eigenvalue weighted by Gasteiger charge is -2.47. The van der Waals surface area contributed by atoms with Gasteiger partial charge in [-0.2, -0.15) is 0 Å². The number of benzene rings is 1. The maximum atomic E-state index is 12.5. The second kappa shape index (κ2) is 7.12. The van der Waals surface area contributed by atoms with Gasteiger partial charge < -0.3 is 15.0 Å². The van der Waals surface area contributed by atoms with E-state index in [1.54, 1.807) is 0 Å². The number of rotatable bonds is 6. The number of fused-ring (bicyclic) bond motifs is 1. The Kier molecular flexibility index (Phi) is 4.63. The molecule has 0 radical (unpaired) electrons. The lowest BCUT2D eigenvalue weighted by atomic mass is 9.76. The third-order valence-electron chi connectivity index (χ3n) is 7.00. The number of carbonyl (C=O) groups excluding carboxylic acids is 1. The molecule has 4 heteroatoms. The molecule has 1 aromatic carbocycles. The van der Waals surface area contributed by atoms with Crippen LogP contribution in [0.5, 0.6) is 5.75 Å². The molecule has 2 saturated carbocycles. The van der Waals surface area contributed by atoms with Gasteiger partial charge in [-0.15, -0.1) is 0 Å². The number of hydrogen-bond donors (Lipinski definition) is 1. The van der Waals surface area contributed by atoms with E-state index >= 15 is 0 Å². The Hall–Kier alpha value is -1.55. The number of nitrogens with zero attached hydrogens (tertiary/aromatic N) is 1. The number of piperidine rings is 1. The SMILES string of the molecule is O=C(CC1CC2(CCN(CC3CC3)CC2)Oc2ccccc21)NCC1CC1. The van der Waals surface area contributed by atoms with E-state index in [0.717, 1.165) is 56.5 Å². The summed E-state index contributed by atoms with van der Waals surface area (Å²) in [5.74, 6) is 3.20. The number of nitrogens with one attached hydrogen (secondary N) is 1. The number of likely N-dealkylation sites (tertiary alicyclic amines) is 1. The molecule has 2 heterocycles. The Bertz CT molecular complexity index is 687. The van der Waals surface area contributed by atoms with Crippen molar-refractivity contribution in [1.29, 1.82) is 0 Å². The molecular weight excluding hydrogens is 336 g/mol. The minimum absolute atomic E-state index is 0.0736. The highest BCUT2D eigenvalue weighted by atomic mass is 16.5. The molecule has 5 rings (SSSR count). The van der Waals surface area contributed by atoms with Gasteiger partial charge in [0.05, 0.1) is 0 Å². The van der Waals surface area contributed by atoms with E-state index in [1.165, 1.54) is 37.8 Å². The zero-order chi connectivity index (χ0) is 18.3. The molecule has 1 unspecified atom stereocenters. The van der Waals surface area contributed by atoms with Gasteiger partial charge in [0.2, 0.25) is 5.91 Å². The fourth-order valence-corrected chi connectivity index (χ4v) is 4.92. The summed E-state index contributed by atoms with van der Waals surface area (Å²) < 4.78 is 6.59. The molecule has 146 valence electrons. The maximum absolute atomic E-state index is 12.5. The second-order valence-electron chi connectivity index (χ2n) is 9.42. The Morgan fingerprint density at radius 1 is 1.11 bits per heavy atom. The molecule has 3 fully saturated rings. The van der Waals surface area contributed by atoms with Crippen LogP contribution in [0.15, 0.2) is 24.3 Å². The Morgan fingerprint density at radius 3 is 2.59 bits per heavy atom. The highest BCUT2D eigenvalue weighted by Gasteiger charge is 2.44. The molecule has 1 aromatic rings. The summed E-state index contributed by atoms with van der Waals surface area (Å²) in [7, 11) is 0. The summed E-state index contributed by atoms with van der Waals surface area (Å²) >= 11 is 0. The molecule has 4 aliphatic rings. The van der Waals surface area contributed by atoms with Gasteiger partial charge >= 0.3 is 0 Å². The Labute approximate surface area is 162 Å². The summed E-state index contributed by atoms with van der Waals surface area (Å²) in [6.45, 7) is 4.42. The van der Waals surface area contributed by atoms with Crippen LogP contribution in [0.1, 0.15) is 62.8 Å². The van der Waals surface area contributed by atoms with Crippen LogP contribution in [0.4, 0.5) is 0 Å². The average molecular weight is 369 g/mol. The minimum Gasteiger partial charge on any atom is -0.487 e. The zero-order valence-corrected chi connectivity index (χ0v) is 16.3. The van der Waals surface area contributed by atoms with Crippen LogP contribution in [-0.2, 0) is 4.79 Å². The number of amides is 1. The molecule has 1 N–H and O–H groups in total. The normalized spacial score (nSPS) is 27.0. The molecule has 27 heavy (non-hydrogen) atoms. The van der Waals surface area contributed by atoms with Crippen LogP contribution in [-0.4, -0.2) is 42.6 Å². The van der Waals surface area contributed by atoms with Gasteiger partial charge in [-0.1, -0.05) is 18.2 Å². The monoisotopic (exact) mass is 368 g/mol. The van der Waals surface area contributed by atoms with Crippen LogP contribution in [0.2, 0.25) is 0 Å². The van der Waals surface area contributed by atoms with Crippen molar-refractivity contribution < 1.29 is 9.53 Å². The molecule has 1 atom stereocenters. The molecule has 0 bridgehead atoms. The van der Waals surface area contributed by atoms with E-state index < -0.39 is 0 Å². The molecule has 4 nitrogen and oxygen atoms in total. The molecule has 1 saturated heterocycles. The van der Waals surface area contributed by atoms with Crippen LogP contribution >= 0.6 is 0 Å². The molecule has 2 aliphatic heterocycles. The van der Waals surface area contributed by atoms with Crippen molar-refractivity contribution in [1.82, 2.24) is 10.2 Å². The lowest BCUT2D eigenvalue weighted by Crippen LogP contribution is -2.51. The van der Waals surface area contributed by atoms with Crippen LogP contribution < -0.4 is 10.1 Å². The first-order valence-electron chi connectivity index (χ1n) is 11.0. The topological polar surface area (TPSA) is 41.6 Å². The fraction of sp³-hybridized carbons (Fsp3) is 0.696. The van der Waals surface area contributed by atoms with Crippen LogP contribution in [0.3, 0.4) is 0 Å². The van der Waals surface area contributed by atoms with E-state index in [1.807, 2.05) is 0 Å². The van der Waals surface area contributed by atoms with Crippen molar-refractivity contribution in [3.05, 3.63) is 29.8 Å². The first kappa shape index (κ1) is 17.5. The number of carbonyl (C=O) groups is 1. The summed E-state index contributed by atoms with van der Waals surface area (Å²) in [6.07, 6.45) is 9.16. The molecular formula is C23H32N2O2. The average Bonchev–Trinajstić information content (AvgIpc) is 3.58. The van der Waals surface area contributed by atoms with E-state index in [4.69, 9.17) is 4.74 Å². The number of para-hydroxylation sites is 1. The van der Waals surface area contributed by atoms with Gasteiger partial charge in [0, 0.05) is 38.5 Å². The number of hydrogen-bond acceptors (Lipinski definition) is 3. The third kappa shape index (κ3) is 4.16. The van der Waals surface area contributed by atoms with Crippen molar-refractivity contribution in [2.75, 3.05) is 26.2 Å². The summed E-state index contributed by atoms with van der Waals surface area (Å²) in [5, 5.41) is 3.16. The number of ether oxygens (including phenoxy) is 1. The van der Waals surface area contributed by atoms with E-state index in [-0.39, 0.29) is 17.4 Å². The van der Waals surface area contributed by atoms with E-state index in [2.05, 4.69) is 34.5 Å². The second-order valence-corrected chi connectivity index (χ2v) is 9.42. The molecule has 2 aliphatic carbocycles. The van der Waals surface area contributed by atoms with Crippen LogP contribution in [0.25, 0.3) is 0 Å². The maximum Gasteiger partial charge on any atom is 0.220 e. The predicted octanol–water partition coefficient (Wildman–Crippen LogP) is 3.71. The molecule has 1 amide bonds. The smallest absolute Gasteiger partial charge is 0.220 e. The van der Waals surface area contributed by atoms with Crippen molar-refractivity contribution >= 4 is 5.91 Å². The zero-order valence-electron chi connectivity index (χ0n) is 16.3. The predicted molar refractivity (Wildman–Crippen MR) is 106 cm³/mol. The fourth-order valence-electron chi connectivity index (χ4n) is 4.92. The van der Waals surface area contributed by atoms with E-state index in [9.17, 15) is 4.79 Å².